The molecule has 22 heavy (non-hydrogen) atoms. The summed E-state index contributed by atoms with van der Waals surface area (Å²) < 4.78 is 5.75. The molecule has 2 amide bonds. The van der Waals surface area contributed by atoms with Crippen molar-refractivity contribution >= 4 is 11.8 Å². The average molecular weight is 303 g/mol. The van der Waals surface area contributed by atoms with Gasteiger partial charge in [0.2, 0.25) is 5.91 Å². The molecule has 1 aromatic rings. The fourth-order valence-corrected chi connectivity index (χ4v) is 2.40. The number of nitrogens with one attached hydrogen (secondary N) is 1. The van der Waals surface area contributed by atoms with Gasteiger partial charge in [0.05, 0.1) is 12.6 Å². The molecule has 1 aliphatic carbocycles. The third-order valence-electron chi connectivity index (χ3n) is 4.00. The monoisotopic (exact) mass is 303 g/mol. The number of ether oxygens (including phenoxy) is 1. The van der Waals surface area contributed by atoms with Crippen LogP contribution in [-0.2, 0) is 4.79 Å². The predicted molar refractivity (Wildman–Crippen MR) is 81.5 cm³/mol. The number of hydrogen-bond acceptors (Lipinski definition) is 4. The Hall–Kier alpha value is -2.08. The summed E-state index contributed by atoms with van der Waals surface area (Å²) in [5.74, 6) is 0.796. The lowest BCUT2D eigenvalue weighted by molar-refractivity contribution is -0.117. The van der Waals surface area contributed by atoms with Gasteiger partial charge in [-0.25, -0.2) is 0 Å². The van der Waals surface area contributed by atoms with Crippen LogP contribution in [-0.4, -0.2) is 49.0 Å². The molecule has 118 valence electrons. The van der Waals surface area contributed by atoms with E-state index in [1.165, 1.54) is 19.4 Å². The Labute approximate surface area is 129 Å². The Morgan fingerprint density at radius 3 is 2.64 bits per heavy atom. The van der Waals surface area contributed by atoms with Crippen LogP contribution < -0.4 is 15.8 Å². The first kappa shape index (κ1) is 14.8. The Kier molecular flexibility index (Phi) is 4.29. The van der Waals surface area contributed by atoms with Crippen LogP contribution in [0, 0.1) is 5.92 Å². The number of carbonyl (C=O) groups excluding carboxylic acids is 2. The standard InChI is InChI=1S/C16H21N3O3/c17-15(20)7-18-16(21)12-3-5-14(6-4-12)22-10-13-9-19(13)8-11-1-2-11/h3-6,11,13H,1-2,7-10H2,(H2,17,20)(H,18,21). The SMILES string of the molecule is NC(=O)CNC(=O)c1ccc(OCC2CN2CC2CC2)cc1. The van der Waals surface area contributed by atoms with Crippen molar-refractivity contribution in [3.63, 3.8) is 0 Å². The van der Waals surface area contributed by atoms with Crippen LogP contribution in [0.3, 0.4) is 0 Å². The van der Waals surface area contributed by atoms with Gasteiger partial charge in [-0.3, -0.25) is 14.5 Å². The van der Waals surface area contributed by atoms with Crippen molar-refractivity contribution in [2.45, 2.75) is 18.9 Å². The molecule has 0 bridgehead atoms. The highest BCUT2D eigenvalue weighted by Crippen LogP contribution is 2.33. The Bertz CT molecular complexity index is 554. The van der Waals surface area contributed by atoms with Crippen LogP contribution in [0.1, 0.15) is 23.2 Å². The summed E-state index contributed by atoms with van der Waals surface area (Å²) in [6.07, 6.45) is 2.76. The lowest BCUT2D eigenvalue weighted by Crippen LogP contribution is -2.33. The fraction of sp³-hybridized carbons (Fsp3) is 0.500. The van der Waals surface area contributed by atoms with Gasteiger partial charge in [-0.2, -0.15) is 0 Å². The number of benzene rings is 1. The zero-order chi connectivity index (χ0) is 15.5. The second kappa shape index (κ2) is 6.36. The summed E-state index contributed by atoms with van der Waals surface area (Å²) in [5.41, 5.74) is 5.47. The minimum Gasteiger partial charge on any atom is -0.492 e. The zero-order valence-electron chi connectivity index (χ0n) is 12.5. The quantitative estimate of drug-likeness (QED) is 0.680. The van der Waals surface area contributed by atoms with Gasteiger partial charge in [0.1, 0.15) is 12.4 Å². The van der Waals surface area contributed by atoms with Gasteiger partial charge in [0.25, 0.3) is 5.91 Å². The Morgan fingerprint density at radius 2 is 2.00 bits per heavy atom. The normalized spacial score (nSPS) is 22.9. The van der Waals surface area contributed by atoms with Crippen molar-refractivity contribution in [3.05, 3.63) is 29.8 Å². The van der Waals surface area contributed by atoms with E-state index >= 15 is 0 Å². The zero-order valence-corrected chi connectivity index (χ0v) is 12.5. The van der Waals surface area contributed by atoms with Gasteiger partial charge in [0.15, 0.2) is 0 Å². The van der Waals surface area contributed by atoms with Crippen molar-refractivity contribution in [2.24, 2.45) is 11.7 Å². The minimum atomic E-state index is -0.562. The second-order valence-corrected chi connectivity index (χ2v) is 6.04. The maximum atomic E-state index is 11.7. The van der Waals surface area contributed by atoms with Gasteiger partial charge >= 0.3 is 0 Å². The van der Waals surface area contributed by atoms with E-state index in [1.807, 2.05) is 0 Å². The lowest BCUT2D eigenvalue weighted by atomic mass is 10.2. The number of carbonyl (C=O) groups is 2. The van der Waals surface area contributed by atoms with Crippen molar-refractivity contribution in [1.29, 1.82) is 0 Å². The van der Waals surface area contributed by atoms with E-state index in [0.29, 0.717) is 18.2 Å². The van der Waals surface area contributed by atoms with E-state index in [2.05, 4.69) is 10.2 Å². The third kappa shape index (κ3) is 4.21. The summed E-state index contributed by atoms with van der Waals surface area (Å²) in [4.78, 5) is 24.8. The Morgan fingerprint density at radius 1 is 1.27 bits per heavy atom. The predicted octanol–water partition coefficient (Wildman–Crippen LogP) is 0.375. The fourth-order valence-electron chi connectivity index (χ4n) is 2.40. The average Bonchev–Trinajstić information content (AvgIpc) is 3.42. The molecule has 2 unspecified atom stereocenters. The number of nitrogens with two attached hydrogens (primary N) is 1. The van der Waals surface area contributed by atoms with E-state index in [-0.39, 0.29) is 12.5 Å². The minimum absolute atomic E-state index is 0.157. The Balaban J connectivity index is 1.41. The van der Waals surface area contributed by atoms with E-state index < -0.39 is 5.91 Å². The van der Waals surface area contributed by atoms with E-state index in [1.54, 1.807) is 24.3 Å². The second-order valence-electron chi connectivity index (χ2n) is 6.04. The smallest absolute Gasteiger partial charge is 0.251 e. The van der Waals surface area contributed by atoms with Crippen molar-refractivity contribution in [2.75, 3.05) is 26.2 Å². The summed E-state index contributed by atoms with van der Waals surface area (Å²) in [5, 5.41) is 2.45. The molecular weight excluding hydrogens is 282 g/mol. The van der Waals surface area contributed by atoms with Crippen LogP contribution >= 0.6 is 0 Å². The number of nitrogens with zero attached hydrogens (tertiary/aromatic N) is 1. The van der Waals surface area contributed by atoms with Crippen LogP contribution in [0.2, 0.25) is 0 Å². The first-order valence-electron chi connectivity index (χ1n) is 7.65. The van der Waals surface area contributed by atoms with E-state index in [9.17, 15) is 9.59 Å². The molecule has 1 aromatic carbocycles. The number of hydrogen-bond donors (Lipinski definition) is 2. The van der Waals surface area contributed by atoms with Crippen LogP contribution in [0.4, 0.5) is 0 Å². The van der Waals surface area contributed by atoms with Crippen molar-refractivity contribution < 1.29 is 14.3 Å². The van der Waals surface area contributed by atoms with Crippen LogP contribution in [0.5, 0.6) is 5.75 Å². The molecule has 2 fully saturated rings. The molecule has 2 atom stereocenters. The summed E-state index contributed by atoms with van der Waals surface area (Å²) >= 11 is 0. The summed E-state index contributed by atoms with van der Waals surface area (Å²) in [7, 11) is 0. The maximum Gasteiger partial charge on any atom is 0.251 e. The molecule has 6 nitrogen and oxygen atoms in total. The molecule has 1 saturated heterocycles. The number of amides is 2. The van der Waals surface area contributed by atoms with Gasteiger partial charge < -0.3 is 15.8 Å². The molecular formula is C16H21N3O3. The van der Waals surface area contributed by atoms with Crippen molar-refractivity contribution in [1.82, 2.24) is 10.2 Å². The molecule has 1 heterocycles. The van der Waals surface area contributed by atoms with E-state index in [4.69, 9.17) is 10.5 Å². The summed E-state index contributed by atoms with van der Waals surface area (Å²) in [6.45, 7) is 2.88. The van der Waals surface area contributed by atoms with E-state index in [0.717, 1.165) is 18.2 Å². The first-order valence-corrected chi connectivity index (χ1v) is 7.65. The highest BCUT2D eigenvalue weighted by Gasteiger charge is 2.38. The molecule has 3 N–H and O–H groups in total. The molecule has 1 aliphatic heterocycles. The third-order valence-corrected chi connectivity index (χ3v) is 4.00. The summed E-state index contributed by atoms with van der Waals surface area (Å²) in [6, 6.07) is 7.44. The number of rotatable bonds is 8. The van der Waals surface area contributed by atoms with Crippen molar-refractivity contribution in [3.8, 4) is 5.75 Å². The largest absolute Gasteiger partial charge is 0.492 e. The van der Waals surface area contributed by atoms with Gasteiger partial charge in [-0.15, -0.1) is 0 Å². The molecule has 0 radical (unpaired) electrons. The number of primary amides is 1. The van der Waals surface area contributed by atoms with Gasteiger partial charge in [-0.1, -0.05) is 0 Å². The lowest BCUT2D eigenvalue weighted by Gasteiger charge is -2.08. The highest BCUT2D eigenvalue weighted by atomic mass is 16.5. The topological polar surface area (TPSA) is 84.4 Å². The van der Waals surface area contributed by atoms with Gasteiger partial charge in [-0.05, 0) is 43.0 Å². The molecule has 1 saturated carbocycles. The molecule has 0 aromatic heterocycles. The highest BCUT2D eigenvalue weighted by molar-refractivity contribution is 5.96. The molecule has 0 spiro atoms. The maximum absolute atomic E-state index is 11.7. The molecule has 6 heteroatoms. The molecule has 3 rings (SSSR count). The molecule has 2 aliphatic rings. The van der Waals surface area contributed by atoms with Crippen LogP contribution in [0.15, 0.2) is 24.3 Å². The van der Waals surface area contributed by atoms with Gasteiger partial charge in [0, 0.05) is 18.7 Å². The first-order chi connectivity index (χ1) is 10.6. The van der Waals surface area contributed by atoms with Crippen LogP contribution in [0.25, 0.3) is 0 Å².